The Morgan fingerprint density at radius 2 is 2.50 bits per heavy atom. The predicted octanol–water partition coefficient (Wildman–Crippen LogP) is 0.768. The zero-order chi connectivity index (χ0) is 6.97. The molecule has 0 unspecified atom stereocenters. The zero-order valence-corrected chi connectivity index (χ0v) is 5.57. The Balaban J connectivity index is 2.93. The third-order valence-electron chi connectivity index (χ3n) is 1.44. The van der Waals surface area contributed by atoms with Gasteiger partial charge in [-0.2, -0.15) is 5.10 Å². The first-order valence-corrected chi connectivity index (χ1v) is 3.03. The lowest BCUT2D eigenvalue weighted by Gasteiger charge is -1.88. The van der Waals surface area contributed by atoms with Crippen molar-refractivity contribution in [3.8, 4) is 0 Å². The van der Waals surface area contributed by atoms with Crippen LogP contribution in [0.3, 0.4) is 0 Å². The molecule has 0 amide bonds. The van der Waals surface area contributed by atoms with Gasteiger partial charge in [-0.3, -0.25) is 4.68 Å². The van der Waals surface area contributed by atoms with Gasteiger partial charge in [0.15, 0.2) is 5.65 Å². The molecule has 2 heterocycles. The number of hydrogen-bond donors (Lipinski definition) is 0. The highest BCUT2D eigenvalue weighted by Gasteiger charge is 1.95. The fraction of sp³-hybridized carbons (Fsp3) is 0.143. The van der Waals surface area contributed by atoms with Crippen molar-refractivity contribution in [1.29, 1.82) is 0 Å². The quantitative estimate of drug-likeness (QED) is 0.530. The maximum atomic E-state index is 4.03. The summed E-state index contributed by atoms with van der Waals surface area (Å²) < 4.78 is 1.73. The molecule has 3 heteroatoms. The Bertz CT molecular complexity index is 350. The summed E-state index contributed by atoms with van der Waals surface area (Å²) in [6, 6.07) is 3.72. The molecule has 0 aromatic carbocycles. The van der Waals surface area contributed by atoms with Crippen LogP contribution in [-0.4, -0.2) is 14.8 Å². The summed E-state index contributed by atoms with van der Waals surface area (Å²) in [6.45, 7) is 0. The van der Waals surface area contributed by atoms with Crippen molar-refractivity contribution in [3.63, 3.8) is 0 Å². The van der Waals surface area contributed by atoms with E-state index in [9.17, 15) is 0 Å². The van der Waals surface area contributed by atoms with Crippen LogP contribution in [0.4, 0.5) is 0 Å². The third-order valence-corrected chi connectivity index (χ3v) is 1.44. The molecule has 10 heavy (non-hydrogen) atoms. The van der Waals surface area contributed by atoms with E-state index in [2.05, 4.69) is 16.3 Å². The predicted molar refractivity (Wildman–Crippen MR) is 37.3 cm³/mol. The van der Waals surface area contributed by atoms with Crippen molar-refractivity contribution in [2.75, 3.05) is 0 Å². The topological polar surface area (TPSA) is 30.7 Å². The molecule has 0 aliphatic carbocycles. The molecule has 0 N–H and O–H groups in total. The highest BCUT2D eigenvalue weighted by molar-refractivity contribution is 5.73. The number of hydrogen-bond acceptors (Lipinski definition) is 2. The van der Waals surface area contributed by atoms with Crippen LogP contribution >= 0.6 is 0 Å². The Hall–Kier alpha value is -1.38. The van der Waals surface area contributed by atoms with E-state index >= 15 is 0 Å². The lowest BCUT2D eigenvalue weighted by atomic mass is 10.4. The van der Waals surface area contributed by atoms with Gasteiger partial charge < -0.3 is 0 Å². The van der Waals surface area contributed by atoms with Crippen molar-refractivity contribution >= 4 is 11.0 Å². The second-order valence-corrected chi connectivity index (χ2v) is 2.12. The first-order valence-electron chi connectivity index (χ1n) is 3.03. The molecular formula is C7H6N3. The van der Waals surface area contributed by atoms with Crippen LogP contribution in [0.15, 0.2) is 18.3 Å². The number of nitrogens with zero attached hydrogens (tertiary/aromatic N) is 3. The maximum Gasteiger partial charge on any atom is 0.158 e. The van der Waals surface area contributed by atoms with Gasteiger partial charge in [0.2, 0.25) is 0 Å². The van der Waals surface area contributed by atoms with Crippen LogP contribution < -0.4 is 0 Å². The monoisotopic (exact) mass is 132 g/mol. The molecule has 0 aliphatic rings. The van der Waals surface area contributed by atoms with E-state index in [0.717, 1.165) is 11.0 Å². The fourth-order valence-corrected chi connectivity index (χ4v) is 0.928. The lowest BCUT2D eigenvalue weighted by Crippen LogP contribution is -1.90. The number of aromatic nitrogens is 3. The summed E-state index contributed by atoms with van der Waals surface area (Å²) >= 11 is 0. The fourth-order valence-electron chi connectivity index (χ4n) is 0.928. The Morgan fingerprint density at radius 1 is 1.60 bits per heavy atom. The molecule has 3 nitrogen and oxygen atoms in total. The van der Waals surface area contributed by atoms with E-state index in [1.165, 1.54) is 0 Å². The summed E-state index contributed by atoms with van der Waals surface area (Å²) in [4.78, 5) is 4.02. The molecular weight excluding hydrogens is 126 g/mol. The van der Waals surface area contributed by atoms with Crippen LogP contribution in [-0.2, 0) is 7.05 Å². The normalized spacial score (nSPS) is 10.5. The van der Waals surface area contributed by atoms with Gasteiger partial charge in [-0.05, 0) is 12.1 Å². The minimum Gasteiger partial charge on any atom is -0.250 e. The molecule has 0 bridgehead atoms. The minimum absolute atomic E-state index is 0.877. The molecule has 2 aromatic rings. The van der Waals surface area contributed by atoms with Crippen LogP contribution in [0, 0.1) is 6.20 Å². The van der Waals surface area contributed by atoms with Crippen molar-refractivity contribution in [2.45, 2.75) is 0 Å². The number of pyridine rings is 1. The lowest BCUT2D eigenvalue weighted by molar-refractivity contribution is 0.786. The molecule has 0 fully saturated rings. The van der Waals surface area contributed by atoms with E-state index in [1.54, 1.807) is 16.9 Å². The van der Waals surface area contributed by atoms with Gasteiger partial charge in [-0.25, -0.2) is 4.98 Å². The Kier molecular flexibility index (Phi) is 0.974. The third kappa shape index (κ3) is 0.603. The van der Waals surface area contributed by atoms with E-state index in [-0.39, 0.29) is 0 Å². The smallest absolute Gasteiger partial charge is 0.158 e. The molecule has 1 radical (unpaired) electrons. The summed E-state index contributed by atoms with van der Waals surface area (Å²) in [5.74, 6) is 0. The number of fused-ring (bicyclic) bond motifs is 1. The second-order valence-electron chi connectivity index (χ2n) is 2.12. The SMILES string of the molecule is Cn1ncc2cc[c]nc21. The van der Waals surface area contributed by atoms with Gasteiger partial charge in [-0.15, -0.1) is 0 Å². The molecule has 2 rings (SSSR count). The van der Waals surface area contributed by atoms with Gasteiger partial charge in [0.25, 0.3) is 0 Å². The van der Waals surface area contributed by atoms with E-state index in [4.69, 9.17) is 0 Å². The van der Waals surface area contributed by atoms with Gasteiger partial charge >= 0.3 is 0 Å². The maximum absolute atomic E-state index is 4.03. The molecule has 0 atom stereocenters. The van der Waals surface area contributed by atoms with Crippen LogP contribution in [0.2, 0.25) is 0 Å². The standard InChI is InChI=1S/C7H6N3/c1-10-7-6(5-9-10)3-2-4-8-7/h2-3,5H,1H3. The molecule has 0 spiro atoms. The molecule has 0 saturated heterocycles. The van der Waals surface area contributed by atoms with Gasteiger partial charge in [0.1, 0.15) is 0 Å². The Morgan fingerprint density at radius 3 is 3.30 bits per heavy atom. The summed E-state index contributed by atoms with van der Waals surface area (Å²) in [7, 11) is 1.86. The largest absolute Gasteiger partial charge is 0.250 e. The molecule has 0 saturated carbocycles. The van der Waals surface area contributed by atoms with E-state index < -0.39 is 0 Å². The zero-order valence-electron chi connectivity index (χ0n) is 5.57. The minimum atomic E-state index is 0.877. The molecule has 2 aromatic heterocycles. The highest BCUT2D eigenvalue weighted by Crippen LogP contribution is 2.06. The summed E-state index contributed by atoms with van der Waals surface area (Å²) in [5.41, 5.74) is 0.877. The second kappa shape index (κ2) is 1.80. The Labute approximate surface area is 58.3 Å². The summed E-state index contributed by atoms with van der Waals surface area (Å²) in [5, 5.41) is 5.09. The van der Waals surface area contributed by atoms with Crippen molar-refractivity contribution in [3.05, 3.63) is 24.5 Å². The highest BCUT2D eigenvalue weighted by atomic mass is 15.3. The van der Waals surface area contributed by atoms with Crippen LogP contribution in [0.5, 0.6) is 0 Å². The first-order chi connectivity index (χ1) is 4.88. The van der Waals surface area contributed by atoms with Gasteiger partial charge in [-0.1, -0.05) is 0 Å². The van der Waals surface area contributed by atoms with Crippen molar-refractivity contribution in [2.24, 2.45) is 7.05 Å². The van der Waals surface area contributed by atoms with Crippen LogP contribution in [0.1, 0.15) is 0 Å². The number of aryl methyl sites for hydroxylation is 1. The van der Waals surface area contributed by atoms with Crippen LogP contribution in [0.25, 0.3) is 11.0 Å². The number of rotatable bonds is 0. The average molecular weight is 132 g/mol. The van der Waals surface area contributed by atoms with Gasteiger partial charge in [0.05, 0.1) is 12.4 Å². The molecule has 49 valence electrons. The summed E-state index contributed by atoms with van der Waals surface area (Å²) in [6.07, 6.45) is 4.54. The average Bonchev–Trinajstić information content (AvgIpc) is 2.34. The molecule has 0 aliphatic heterocycles. The van der Waals surface area contributed by atoms with Gasteiger partial charge in [0, 0.05) is 12.4 Å². The van der Waals surface area contributed by atoms with Crippen molar-refractivity contribution in [1.82, 2.24) is 14.8 Å². The first kappa shape index (κ1) is 5.41. The van der Waals surface area contributed by atoms with E-state index in [1.807, 2.05) is 13.1 Å². The van der Waals surface area contributed by atoms with Crippen molar-refractivity contribution < 1.29 is 0 Å². The van der Waals surface area contributed by atoms with E-state index in [0.29, 0.717) is 0 Å².